The summed E-state index contributed by atoms with van der Waals surface area (Å²) in [6.07, 6.45) is 6.38. The fourth-order valence-corrected chi connectivity index (χ4v) is 1.90. The normalized spacial score (nSPS) is 12.4. The lowest BCUT2D eigenvalue weighted by molar-refractivity contribution is 0.0937. The van der Waals surface area contributed by atoms with Gasteiger partial charge in [-0.05, 0) is 25.3 Å². The largest absolute Gasteiger partial charge is 0.350 e. The number of amides is 1. The van der Waals surface area contributed by atoms with E-state index in [2.05, 4.69) is 17.2 Å². The topological polar surface area (TPSA) is 72.9 Å². The van der Waals surface area contributed by atoms with Crippen molar-refractivity contribution in [3.05, 3.63) is 18.2 Å². The van der Waals surface area contributed by atoms with Gasteiger partial charge in [0.15, 0.2) is 0 Å². The van der Waals surface area contributed by atoms with E-state index in [4.69, 9.17) is 5.73 Å². The molecule has 3 N–H and O–H groups in total. The lowest BCUT2D eigenvalue weighted by Gasteiger charge is -2.15. The standard InChI is InChI=1S/C12H22N4O/c1-3-4-10(5-6-13)7-15-12(17)11-8-14-9-16(11)2/h8-10H,3-7,13H2,1-2H3,(H,15,17). The van der Waals surface area contributed by atoms with E-state index in [0.29, 0.717) is 24.7 Å². The van der Waals surface area contributed by atoms with Crippen LogP contribution in [0.2, 0.25) is 0 Å². The first-order valence-electron chi connectivity index (χ1n) is 6.13. The Hall–Kier alpha value is -1.36. The molecule has 1 unspecified atom stereocenters. The zero-order chi connectivity index (χ0) is 12.7. The molecule has 0 spiro atoms. The van der Waals surface area contributed by atoms with Crippen LogP contribution in [0.3, 0.4) is 0 Å². The van der Waals surface area contributed by atoms with Crippen molar-refractivity contribution in [1.82, 2.24) is 14.9 Å². The average molecular weight is 238 g/mol. The minimum Gasteiger partial charge on any atom is -0.350 e. The first-order valence-corrected chi connectivity index (χ1v) is 6.13. The van der Waals surface area contributed by atoms with Crippen LogP contribution in [0.25, 0.3) is 0 Å². The molecule has 1 aromatic heterocycles. The lowest BCUT2D eigenvalue weighted by atomic mass is 10.00. The van der Waals surface area contributed by atoms with Crippen LogP contribution in [0.15, 0.2) is 12.5 Å². The number of imidazole rings is 1. The molecule has 0 aliphatic carbocycles. The maximum Gasteiger partial charge on any atom is 0.269 e. The molecule has 1 aromatic rings. The fraction of sp³-hybridized carbons (Fsp3) is 0.667. The molecule has 96 valence electrons. The van der Waals surface area contributed by atoms with Crippen LogP contribution in [0, 0.1) is 5.92 Å². The molecule has 0 saturated heterocycles. The van der Waals surface area contributed by atoms with Gasteiger partial charge in [0.2, 0.25) is 0 Å². The summed E-state index contributed by atoms with van der Waals surface area (Å²) in [5, 5.41) is 2.94. The van der Waals surface area contributed by atoms with Crippen molar-refractivity contribution in [2.24, 2.45) is 18.7 Å². The number of rotatable bonds is 7. The molecule has 0 fully saturated rings. The first-order chi connectivity index (χ1) is 8.19. The van der Waals surface area contributed by atoms with Gasteiger partial charge >= 0.3 is 0 Å². The smallest absolute Gasteiger partial charge is 0.269 e. The molecule has 1 atom stereocenters. The predicted octanol–water partition coefficient (Wildman–Crippen LogP) is 0.915. The summed E-state index contributed by atoms with van der Waals surface area (Å²) in [5.41, 5.74) is 6.15. The molecule has 0 aliphatic rings. The summed E-state index contributed by atoms with van der Waals surface area (Å²) >= 11 is 0. The summed E-state index contributed by atoms with van der Waals surface area (Å²) in [6.45, 7) is 3.51. The molecule has 1 rings (SSSR count). The minimum absolute atomic E-state index is 0.0666. The summed E-state index contributed by atoms with van der Waals surface area (Å²) < 4.78 is 1.72. The predicted molar refractivity (Wildman–Crippen MR) is 67.6 cm³/mol. The minimum atomic E-state index is -0.0666. The molecular formula is C12H22N4O. The van der Waals surface area contributed by atoms with Gasteiger partial charge in [0.25, 0.3) is 5.91 Å². The first kappa shape index (κ1) is 13.7. The van der Waals surface area contributed by atoms with Crippen LogP contribution in [0.1, 0.15) is 36.7 Å². The number of nitrogens with zero attached hydrogens (tertiary/aromatic N) is 2. The molecule has 5 heteroatoms. The number of nitrogens with one attached hydrogen (secondary N) is 1. The summed E-state index contributed by atoms with van der Waals surface area (Å²) in [5.74, 6) is 0.408. The zero-order valence-corrected chi connectivity index (χ0v) is 10.6. The van der Waals surface area contributed by atoms with E-state index in [0.717, 1.165) is 19.3 Å². The maximum atomic E-state index is 11.8. The average Bonchev–Trinajstić information content (AvgIpc) is 2.72. The number of hydrogen-bond donors (Lipinski definition) is 2. The van der Waals surface area contributed by atoms with Crippen molar-refractivity contribution in [3.63, 3.8) is 0 Å². The van der Waals surface area contributed by atoms with Crippen molar-refractivity contribution < 1.29 is 4.79 Å². The second-order valence-corrected chi connectivity index (χ2v) is 4.33. The Morgan fingerprint density at radius 1 is 1.59 bits per heavy atom. The van der Waals surface area contributed by atoms with Crippen molar-refractivity contribution in [2.75, 3.05) is 13.1 Å². The Balaban J connectivity index is 2.43. The third kappa shape index (κ3) is 4.19. The van der Waals surface area contributed by atoms with Gasteiger partial charge in [-0.2, -0.15) is 0 Å². The zero-order valence-electron chi connectivity index (χ0n) is 10.6. The Morgan fingerprint density at radius 2 is 2.35 bits per heavy atom. The highest BCUT2D eigenvalue weighted by molar-refractivity contribution is 5.92. The SMILES string of the molecule is CCCC(CCN)CNC(=O)c1cncn1C. The van der Waals surface area contributed by atoms with Crippen molar-refractivity contribution in [2.45, 2.75) is 26.2 Å². The highest BCUT2D eigenvalue weighted by atomic mass is 16.1. The van der Waals surface area contributed by atoms with E-state index in [1.165, 1.54) is 0 Å². The molecule has 0 saturated carbocycles. The third-order valence-corrected chi connectivity index (χ3v) is 2.87. The molecule has 0 bridgehead atoms. The van der Waals surface area contributed by atoms with Gasteiger partial charge in [0.1, 0.15) is 5.69 Å². The van der Waals surface area contributed by atoms with Gasteiger partial charge in [-0.1, -0.05) is 13.3 Å². The van der Waals surface area contributed by atoms with Gasteiger partial charge < -0.3 is 15.6 Å². The Kier molecular flexibility index (Phi) is 5.69. The molecule has 0 radical (unpaired) electrons. The Bertz CT molecular complexity index is 342. The molecule has 17 heavy (non-hydrogen) atoms. The highest BCUT2D eigenvalue weighted by Crippen LogP contribution is 2.09. The van der Waals surface area contributed by atoms with E-state index in [1.807, 2.05) is 7.05 Å². The molecule has 0 aromatic carbocycles. The van der Waals surface area contributed by atoms with Crippen LogP contribution in [-0.4, -0.2) is 28.5 Å². The van der Waals surface area contributed by atoms with Crippen LogP contribution >= 0.6 is 0 Å². The molecule has 5 nitrogen and oxygen atoms in total. The van der Waals surface area contributed by atoms with E-state index >= 15 is 0 Å². The number of nitrogens with two attached hydrogens (primary N) is 1. The summed E-state index contributed by atoms with van der Waals surface area (Å²) in [6, 6.07) is 0. The fourth-order valence-electron chi connectivity index (χ4n) is 1.90. The summed E-state index contributed by atoms with van der Waals surface area (Å²) in [7, 11) is 1.81. The van der Waals surface area contributed by atoms with E-state index in [9.17, 15) is 4.79 Å². The van der Waals surface area contributed by atoms with Crippen molar-refractivity contribution in [1.29, 1.82) is 0 Å². The van der Waals surface area contributed by atoms with Crippen LogP contribution in [-0.2, 0) is 7.05 Å². The van der Waals surface area contributed by atoms with Gasteiger partial charge in [0.05, 0.1) is 12.5 Å². The second-order valence-electron chi connectivity index (χ2n) is 4.33. The van der Waals surface area contributed by atoms with Crippen LogP contribution in [0.5, 0.6) is 0 Å². The van der Waals surface area contributed by atoms with Crippen molar-refractivity contribution in [3.8, 4) is 0 Å². The number of carbonyl (C=O) groups excluding carboxylic acids is 1. The van der Waals surface area contributed by atoms with Gasteiger partial charge in [-0.25, -0.2) is 4.98 Å². The van der Waals surface area contributed by atoms with E-state index in [-0.39, 0.29) is 5.91 Å². The molecular weight excluding hydrogens is 216 g/mol. The summed E-state index contributed by atoms with van der Waals surface area (Å²) in [4.78, 5) is 15.8. The van der Waals surface area contributed by atoms with Crippen LogP contribution < -0.4 is 11.1 Å². The number of carbonyl (C=O) groups is 1. The van der Waals surface area contributed by atoms with Crippen molar-refractivity contribution >= 4 is 5.91 Å². The molecule has 1 heterocycles. The van der Waals surface area contributed by atoms with E-state index < -0.39 is 0 Å². The quantitative estimate of drug-likeness (QED) is 0.741. The van der Waals surface area contributed by atoms with Gasteiger partial charge in [-0.3, -0.25) is 4.79 Å². The molecule has 0 aliphatic heterocycles. The molecule has 1 amide bonds. The lowest BCUT2D eigenvalue weighted by Crippen LogP contribution is -2.31. The van der Waals surface area contributed by atoms with Crippen LogP contribution in [0.4, 0.5) is 0 Å². The number of aromatic nitrogens is 2. The number of hydrogen-bond acceptors (Lipinski definition) is 3. The van der Waals surface area contributed by atoms with Gasteiger partial charge in [0, 0.05) is 13.6 Å². The third-order valence-electron chi connectivity index (χ3n) is 2.87. The Morgan fingerprint density at radius 3 is 2.88 bits per heavy atom. The highest BCUT2D eigenvalue weighted by Gasteiger charge is 2.12. The number of aryl methyl sites for hydroxylation is 1. The Labute approximate surface area is 102 Å². The second kappa shape index (κ2) is 7.06. The monoisotopic (exact) mass is 238 g/mol. The van der Waals surface area contributed by atoms with E-state index in [1.54, 1.807) is 17.1 Å². The maximum absolute atomic E-state index is 11.8. The van der Waals surface area contributed by atoms with Gasteiger partial charge in [-0.15, -0.1) is 0 Å².